The zero-order chi connectivity index (χ0) is 12.2. The highest BCUT2D eigenvalue weighted by Gasteiger charge is 2.15. The summed E-state index contributed by atoms with van der Waals surface area (Å²) in [5.41, 5.74) is 0. The summed E-state index contributed by atoms with van der Waals surface area (Å²) >= 11 is 0. The highest BCUT2D eigenvalue weighted by molar-refractivity contribution is 5.78. The smallest absolute Gasteiger partial charge is 0.316 e. The maximum absolute atomic E-state index is 11.3. The molecule has 0 rings (SSSR count). The summed E-state index contributed by atoms with van der Waals surface area (Å²) in [5.74, 6) is -0.608. The van der Waals surface area contributed by atoms with Gasteiger partial charge in [0.15, 0.2) is 0 Å². The van der Waals surface area contributed by atoms with Crippen LogP contribution < -0.4 is 0 Å². The summed E-state index contributed by atoms with van der Waals surface area (Å²) < 4.78 is 4.34. The van der Waals surface area contributed by atoms with E-state index in [1.165, 1.54) is 19.3 Å². The number of unbranched alkanes of at least 4 members (excludes halogenated alkanes) is 3. The molecule has 3 heteroatoms. The van der Waals surface area contributed by atoms with Gasteiger partial charge < -0.3 is 4.74 Å². The van der Waals surface area contributed by atoms with E-state index in [1.54, 1.807) is 0 Å². The van der Waals surface area contributed by atoms with Crippen molar-refractivity contribution in [3.8, 4) is 0 Å². The second-order valence-electron chi connectivity index (χ2n) is 3.84. The standard InChI is InChI=1S/C13H22O3/c1-3-5-6-7-8-9-10-12(4-2)13(15)16-11-14/h8-9,11-12H,3-7,10H2,1-2H3/b9-8+. The molecule has 0 fully saturated rings. The highest BCUT2D eigenvalue weighted by atomic mass is 16.6. The van der Waals surface area contributed by atoms with E-state index in [9.17, 15) is 9.59 Å². The molecule has 0 aromatic carbocycles. The average Bonchev–Trinajstić information content (AvgIpc) is 2.28. The molecule has 0 aromatic rings. The third kappa shape index (κ3) is 7.21. The number of carbonyl (C=O) groups excluding carboxylic acids is 2. The van der Waals surface area contributed by atoms with Gasteiger partial charge in [-0.2, -0.15) is 0 Å². The van der Waals surface area contributed by atoms with Crippen molar-refractivity contribution in [2.75, 3.05) is 0 Å². The van der Waals surface area contributed by atoms with Crippen molar-refractivity contribution in [3.63, 3.8) is 0 Å². The number of hydrogen-bond acceptors (Lipinski definition) is 3. The van der Waals surface area contributed by atoms with Gasteiger partial charge in [0.1, 0.15) is 0 Å². The Kier molecular flexibility index (Phi) is 9.67. The number of hydrogen-bond donors (Lipinski definition) is 0. The van der Waals surface area contributed by atoms with Crippen molar-refractivity contribution in [1.29, 1.82) is 0 Å². The first-order chi connectivity index (χ1) is 7.76. The largest absolute Gasteiger partial charge is 0.395 e. The van der Waals surface area contributed by atoms with Gasteiger partial charge in [-0.15, -0.1) is 0 Å². The number of allylic oxidation sites excluding steroid dienone is 2. The Morgan fingerprint density at radius 1 is 1.25 bits per heavy atom. The molecular weight excluding hydrogens is 204 g/mol. The fraction of sp³-hybridized carbons (Fsp3) is 0.692. The lowest BCUT2D eigenvalue weighted by Gasteiger charge is -2.07. The first-order valence-corrected chi connectivity index (χ1v) is 6.05. The van der Waals surface area contributed by atoms with Crippen molar-refractivity contribution in [2.24, 2.45) is 5.92 Å². The molecule has 0 saturated heterocycles. The molecule has 16 heavy (non-hydrogen) atoms. The normalized spacial score (nSPS) is 12.6. The Labute approximate surface area is 97.9 Å². The molecule has 0 N–H and O–H groups in total. The Morgan fingerprint density at radius 3 is 2.56 bits per heavy atom. The van der Waals surface area contributed by atoms with Crippen molar-refractivity contribution in [1.82, 2.24) is 0 Å². The zero-order valence-corrected chi connectivity index (χ0v) is 10.3. The van der Waals surface area contributed by atoms with E-state index in [0.29, 0.717) is 12.8 Å². The van der Waals surface area contributed by atoms with Crippen molar-refractivity contribution in [2.45, 2.75) is 52.4 Å². The van der Waals surface area contributed by atoms with Crippen molar-refractivity contribution < 1.29 is 14.3 Å². The maximum Gasteiger partial charge on any atom is 0.316 e. The predicted octanol–water partition coefficient (Wildman–Crippen LogP) is 3.24. The van der Waals surface area contributed by atoms with Gasteiger partial charge in [-0.1, -0.05) is 38.8 Å². The van der Waals surface area contributed by atoms with Crippen LogP contribution >= 0.6 is 0 Å². The van der Waals surface area contributed by atoms with Crippen molar-refractivity contribution in [3.05, 3.63) is 12.2 Å². The molecule has 1 atom stereocenters. The van der Waals surface area contributed by atoms with Crippen LogP contribution in [0.25, 0.3) is 0 Å². The van der Waals surface area contributed by atoms with Crippen LogP contribution in [0.1, 0.15) is 52.4 Å². The fourth-order valence-corrected chi connectivity index (χ4v) is 1.46. The molecule has 0 spiro atoms. The molecule has 0 saturated carbocycles. The summed E-state index contributed by atoms with van der Waals surface area (Å²) in [4.78, 5) is 21.3. The van der Waals surface area contributed by atoms with E-state index in [-0.39, 0.29) is 12.4 Å². The molecule has 0 radical (unpaired) electrons. The zero-order valence-electron chi connectivity index (χ0n) is 10.3. The molecule has 1 unspecified atom stereocenters. The minimum absolute atomic E-state index is 0.187. The van der Waals surface area contributed by atoms with Crippen LogP contribution in [0.3, 0.4) is 0 Å². The minimum Gasteiger partial charge on any atom is -0.395 e. The topological polar surface area (TPSA) is 43.4 Å². The number of rotatable bonds is 9. The summed E-state index contributed by atoms with van der Waals surface area (Å²) in [6.45, 7) is 4.30. The van der Waals surface area contributed by atoms with E-state index >= 15 is 0 Å². The van der Waals surface area contributed by atoms with Gasteiger partial charge in [0.05, 0.1) is 5.92 Å². The number of carbonyl (C=O) groups is 2. The Hall–Kier alpha value is -1.12. The van der Waals surface area contributed by atoms with Gasteiger partial charge in [0.25, 0.3) is 0 Å². The number of ether oxygens (including phenoxy) is 1. The third-order valence-electron chi connectivity index (χ3n) is 2.55. The second kappa shape index (κ2) is 10.4. The molecule has 0 aromatic heterocycles. The maximum atomic E-state index is 11.3. The van der Waals surface area contributed by atoms with Crippen LogP contribution in [0, 0.1) is 5.92 Å². The second-order valence-corrected chi connectivity index (χ2v) is 3.84. The van der Waals surface area contributed by atoms with E-state index < -0.39 is 5.97 Å². The molecular formula is C13H22O3. The van der Waals surface area contributed by atoms with Gasteiger partial charge in [0.2, 0.25) is 0 Å². The fourth-order valence-electron chi connectivity index (χ4n) is 1.46. The predicted molar refractivity (Wildman–Crippen MR) is 63.8 cm³/mol. The van der Waals surface area contributed by atoms with Crippen LogP contribution in [-0.2, 0) is 14.3 Å². The van der Waals surface area contributed by atoms with E-state index in [4.69, 9.17) is 0 Å². The minimum atomic E-state index is -0.421. The molecule has 3 nitrogen and oxygen atoms in total. The molecule has 0 aliphatic heterocycles. The van der Waals surface area contributed by atoms with Crippen LogP contribution in [0.5, 0.6) is 0 Å². The first-order valence-electron chi connectivity index (χ1n) is 6.05. The molecule has 0 aliphatic carbocycles. The molecule has 0 bridgehead atoms. The van der Waals surface area contributed by atoms with Gasteiger partial charge in [-0.05, 0) is 25.7 Å². The van der Waals surface area contributed by atoms with Crippen molar-refractivity contribution >= 4 is 12.4 Å². The van der Waals surface area contributed by atoms with Gasteiger partial charge in [-0.25, -0.2) is 0 Å². The Morgan fingerprint density at radius 2 is 2.00 bits per heavy atom. The van der Waals surface area contributed by atoms with E-state index in [0.717, 1.165) is 6.42 Å². The van der Waals surface area contributed by atoms with Crippen LogP contribution in [0.2, 0.25) is 0 Å². The summed E-state index contributed by atoms with van der Waals surface area (Å²) in [6.07, 6.45) is 10.2. The van der Waals surface area contributed by atoms with Crippen LogP contribution in [0.15, 0.2) is 12.2 Å². The van der Waals surface area contributed by atoms with Crippen LogP contribution in [-0.4, -0.2) is 12.4 Å². The lowest BCUT2D eigenvalue weighted by molar-refractivity contribution is -0.154. The summed E-state index contributed by atoms with van der Waals surface area (Å²) in [6, 6.07) is 0. The van der Waals surface area contributed by atoms with Gasteiger partial charge in [0, 0.05) is 0 Å². The van der Waals surface area contributed by atoms with Gasteiger partial charge >= 0.3 is 12.4 Å². The van der Waals surface area contributed by atoms with Crippen LogP contribution in [0.4, 0.5) is 0 Å². The SMILES string of the molecule is CCCCC/C=C/CC(CC)C(=O)OC=O. The van der Waals surface area contributed by atoms with Gasteiger partial charge in [-0.3, -0.25) is 9.59 Å². The third-order valence-corrected chi connectivity index (χ3v) is 2.55. The summed E-state index contributed by atoms with van der Waals surface area (Å²) in [5, 5.41) is 0. The molecule has 0 amide bonds. The number of esters is 1. The Balaban J connectivity index is 3.77. The average molecular weight is 226 g/mol. The lowest BCUT2D eigenvalue weighted by atomic mass is 10.0. The molecule has 92 valence electrons. The molecule has 0 heterocycles. The Bertz CT molecular complexity index is 221. The summed E-state index contributed by atoms with van der Waals surface area (Å²) in [7, 11) is 0. The monoisotopic (exact) mass is 226 g/mol. The molecule has 0 aliphatic rings. The van der Waals surface area contributed by atoms with E-state index in [1.807, 2.05) is 13.0 Å². The lowest BCUT2D eigenvalue weighted by Crippen LogP contribution is -2.15. The first kappa shape index (κ1) is 14.9. The highest BCUT2D eigenvalue weighted by Crippen LogP contribution is 2.11. The van der Waals surface area contributed by atoms with E-state index in [2.05, 4.69) is 17.7 Å². The quantitative estimate of drug-likeness (QED) is 0.199.